The van der Waals surface area contributed by atoms with Crippen LogP contribution in [0.4, 0.5) is 5.69 Å². The molecule has 0 aromatic heterocycles. The summed E-state index contributed by atoms with van der Waals surface area (Å²) in [7, 11) is 4.08. The fourth-order valence-corrected chi connectivity index (χ4v) is 8.52. The van der Waals surface area contributed by atoms with E-state index in [1.807, 2.05) is 14.0 Å². The Morgan fingerprint density at radius 3 is 2.36 bits per heavy atom. The smallest absolute Gasteiger partial charge is 0.363 e. The van der Waals surface area contributed by atoms with E-state index in [4.69, 9.17) is 4.74 Å². The van der Waals surface area contributed by atoms with Crippen LogP contribution in [0.5, 0.6) is 0 Å². The zero-order chi connectivity index (χ0) is 30.5. The van der Waals surface area contributed by atoms with E-state index >= 15 is 0 Å². The van der Waals surface area contributed by atoms with Crippen molar-refractivity contribution in [1.29, 1.82) is 0 Å². The van der Waals surface area contributed by atoms with E-state index in [1.54, 1.807) is 6.92 Å². The average molecular weight is 603 g/mol. The molecule has 228 valence electrons. The van der Waals surface area contributed by atoms with Crippen LogP contribution in [0.2, 0.25) is 0 Å². The van der Waals surface area contributed by atoms with E-state index in [0.29, 0.717) is 17.9 Å². The SMILES string of the molecule is CC(O)C1C(=O)N2C(C(=O)OC(=O)c3ccc([N+](=O)[O-])cc3)=C(SC3C[C@@H](C(O)C4CCN(C)CC4)N(C)C3)[C@H](C)C12. The first-order chi connectivity index (χ1) is 19.9. The standard InChI is InChI=1S/C29H38N4O8S/c1-15-23-22(16(2)34)27(36)32(23)24(29(38)41-28(37)18-5-7-19(8-6-18)33(39)40)26(15)42-20-13-21(31(4)14-20)25(35)17-9-11-30(3)12-10-17/h5-8,15-17,20-23,25,34-35H,9-14H2,1-4H3/t15-,16?,20?,21+,22?,23?,25?/m1/s1. The van der Waals surface area contributed by atoms with E-state index in [9.17, 15) is 34.7 Å². The summed E-state index contributed by atoms with van der Waals surface area (Å²) >= 11 is 1.48. The lowest BCUT2D eigenvalue weighted by Crippen LogP contribution is -2.63. The number of aliphatic hydroxyl groups excluding tert-OH is 2. The second kappa shape index (κ2) is 12.0. The Morgan fingerprint density at radius 1 is 1.12 bits per heavy atom. The molecule has 4 heterocycles. The summed E-state index contributed by atoms with van der Waals surface area (Å²) < 4.78 is 5.20. The number of carbonyl (C=O) groups excluding carboxylic acids is 3. The van der Waals surface area contributed by atoms with Gasteiger partial charge in [-0.25, -0.2) is 9.59 Å². The molecule has 3 saturated heterocycles. The Bertz CT molecular complexity index is 1280. The van der Waals surface area contributed by atoms with Crippen LogP contribution in [0.1, 0.15) is 43.5 Å². The number of hydrogen-bond acceptors (Lipinski definition) is 11. The van der Waals surface area contributed by atoms with Gasteiger partial charge < -0.3 is 24.7 Å². The third kappa shape index (κ3) is 5.60. The summed E-state index contributed by atoms with van der Waals surface area (Å²) in [4.78, 5) is 56.1. The fourth-order valence-electron chi connectivity index (χ4n) is 6.91. The van der Waals surface area contributed by atoms with Crippen molar-refractivity contribution in [2.45, 2.75) is 62.7 Å². The van der Waals surface area contributed by atoms with Crippen molar-refractivity contribution >= 4 is 35.3 Å². The van der Waals surface area contributed by atoms with E-state index in [-0.39, 0.29) is 40.1 Å². The Labute approximate surface area is 248 Å². The number of nitro groups is 1. The Kier molecular flexibility index (Phi) is 8.77. The van der Waals surface area contributed by atoms with Gasteiger partial charge in [-0.05, 0) is 71.4 Å². The molecule has 0 saturated carbocycles. The van der Waals surface area contributed by atoms with Crippen molar-refractivity contribution in [2.75, 3.05) is 33.7 Å². The van der Waals surface area contributed by atoms with Gasteiger partial charge in [0.2, 0.25) is 5.91 Å². The van der Waals surface area contributed by atoms with E-state index in [1.165, 1.54) is 28.8 Å². The highest BCUT2D eigenvalue weighted by molar-refractivity contribution is 8.03. The van der Waals surface area contributed by atoms with Crippen molar-refractivity contribution < 1.29 is 34.3 Å². The van der Waals surface area contributed by atoms with Crippen molar-refractivity contribution in [3.8, 4) is 0 Å². The maximum atomic E-state index is 13.5. The molecule has 0 radical (unpaired) electrons. The number of non-ortho nitro benzene ring substituents is 1. The normalized spacial score (nSPS) is 30.2. The van der Waals surface area contributed by atoms with Crippen LogP contribution in [0.25, 0.3) is 0 Å². The summed E-state index contributed by atoms with van der Waals surface area (Å²) in [6.45, 7) is 6.05. The van der Waals surface area contributed by atoms with Crippen LogP contribution in [0.15, 0.2) is 34.9 Å². The molecule has 4 aliphatic rings. The van der Waals surface area contributed by atoms with E-state index in [0.717, 1.165) is 38.1 Å². The lowest BCUT2D eigenvalue weighted by Gasteiger charge is -2.46. The number of thioether (sulfide) groups is 1. The molecule has 0 aliphatic carbocycles. The van der Waals surface area contributed by atoms with Crippen molar-refractivity contribution in [3.63, 3.8) is 0 Å². The van der Waals surface area contributed by atoms with Gasteiger partial charge in [0, 0.05) is 40.8 Å². The number of esters is 2. The molecular weight excluding hydrogens is 564 g/mol. The minimum absolute atomic E-state index is 0.0108. The molecule has 12 nitrogen and oxygen atoms in total. The number of nitrogens with zero attached hydrogens (tertiary/aromatic N) is 4. The quantitative estimate of drug-likeness (QED) is 0.147. The monoisotopic (exact) mass is 602 g/mol. The highest BCUT2D eigenvalue weighted by atomic mass is 32.2. The molecule has 1 aromatic rings. The second-order valence-electron chi connectivity index (χ2n) is 12.1. The predicted octanol–water partition coefficient (Wildman–Crippen LogP) is 1.86. The van der Waals surface area contributed by atoms with Crippen LogP contribution in [0, 0.1) is 27.9 Å². The first-order valence-corrected chi connectivity index (χ1v) is 15.3. The fraction of sp³-hybridized carbons (Fsp3) is 0.621. The molecule has 3 fully saturated rings. The number of likely N-dealkylation sites (tertiary alicyclic amines) is 2. The van der Waals surface area contributed by atoms with Gasteiger partial charge >= 0.3 is 11.9 Å². The molecule has 4 aliphatic heterocycles. The van der Waals surface area contributed by atoms with Gasteiger partial charge in [-0.3, -0.25) is 19.8 Å². The number of rotatable bonds is 8. The summed E-state index contributed by atoms with van der Waals surface area (Å²) in [5.74, 6) is -3.06. The molecule has 0 bridgehead atoms. The van der Waals surface area contributed by atoms with Gasteiger partial charge in [0.25, 0.3) is 5.69 Å². The molecule has 0 spiro atoms. The van der Waals surface area contributed by atoms with Crippen LogP contribution < -0.4 is 0 Å². The number of piperidine rings is 1. The van der Waals surface area contributed by atoms with E-state index < -0.39 is 46.9 Å². The molecule has 7 atom stereocenters. The maximum absolute atomic E-state index is 13.5. The van der Waals surface area contributed by atoms with Crippen molar-refractivity contribution in [3.05, 3.63) is 50.5 Å². The van der Waals surface area contributed by atoms with Gasteiger partial charge in [0.05, 0.1) is 34.7 Å². The molecule has 2 N–H and O–H groups in total. The number of carbonyl (C=O) groups is 3. The van der Waals surface area contributed by atoms with Crippen molar-refractivity contribution in [2.24, 2.45) is 17.8 Å². The van der Waals surface area contributed by atoms with Gasteiger partial charge in [-0.15, -0.1) is 11.8 Å². The second-order valence-corrected chi connectivity index (χ2v) is 13.4. The predicted molar refractivity (Wildman–Crippen MR) is 154 cm³/mol. The zero-order valence-electron chi connectivity index (χ0n) is 24.2. The molecule has 5 unspecified atom stereocenters. The number of nitro benzene ring substituents is 1. The van der Waals surface area contributed by atoms with E-state index in [2.05, 4.69) is 16.8 Å². The third-order valence-corrected chi connectivity index (χ3v) is 10.8. The number of amides is 1. The first-order valence-electron chi connectivity index (χ1n) is 14.4. The molecule has 1 aromatic carbocycles. The number of benzene rings is 1. The third-order valence-electron chi connectivity index (χ3n) is 9.30. The maximum Gasteiger partial charge on any atom is 0.363 e. The summed E-state index contributed by atoms with van der Waals surface area (Å²) in [5.41, 5.74) is -0.231. The topological polar surface area (TPSA) is 154 Å². The van der Waals surface area contributed by atoms with Crippen LogP contribution >= 0.6 is 11.8 Å². The van der Waals surface area contributed by atoms with Crippen LogP contribution in [-0.4, -0.2) is 111 Å². The number of aliphatic hydroxyl groups is 2. The first kappa shape index (κ1) is 30.6. The Balaban J connectivity index is 1.35. The molecule has 5 rings (SSSR count). The zero-order valence-corrected chi connectivity index (χ0v) is 25.0. The summed E-state index contributed by atoms with van der Waals surface area (Å²) in [5, 5.41) is 32.5. The largest absolute Gasteiger partial charge is 0.393 e. The highest BCUT2D eigenvalue weighted by Crippen LogP contribution is 2.52. The minimum atomic E-state index is -0.982. The lowest BCUT2D eigenvalue weighted by atomic mass is 9.79. The van der Waals surface area contributed by atoms with Crippen LogP contribution in [0.3, 0.4) is 0 Å². The Morgan fingerprint density at radius 2 is 1.76 bits per heavy atom. The lowest BCUT2D eigenvalue weighted by molar-refractivity contribution is -0.384. The van der Waals surface area contributed by atoms with Crippen molar-refractivity contribution in [1.82, 2.24) is 14.7 Å². The number of β-lactam (4-membered cyclic amide) rings is 1. The number of ether oxygens (including phenoxy) is 1. The van der Waals surface area contributed by atoms with Gasteiger partial charge in [0.15, 0.2) is 0 Å². The highest BCUT2D eigenvalue weighted by Gasteiger charge is 2.60. The average Bonchev–Trinajstić information content (AvgIpc) is 3.43. The van der Waals surface area contributed by atoms with Gasteiger partial charge in [-0.1, -0.05) is 6.92 Å². The molecule has 42 heavy (non-hydrogen) atoms. The molecular formula is C29H38N4O8S. The summed E-state index contributed by atoms with van der Waals surface area (Å²) in [6, 6.07) is 4.25. The minimum Gasteiger partial charge on any atom is -0.393 e. The number of hydrogen-bond donors (Lipinski definition) is 2. The van der Waals surface area contributed by atoms with Gasteiger partial charge in [0.1, 0.15) is 5.70 Å². The van der Waals surface area contributed by atoms with Gasteiger partial charge in [-0.2, -0.15) is 0 Å². The molecule has 13 heteroatoms. The number of fused-ring (bicyclic) bond motifs is 1. The van der Waals surface area contributed by atoms with Crippen LogP contribution in [-0.2, 0) is 14.3 Å². The molecule has 1 amide bonds. The number of likely N-dealkylation sites (N-methyl/N-ethyl adjacent to an activating group) is 1. The Hall–Kier alpha value is -2.84. The summed E-state index contributed by atoms with van der Waals surface area (Å²) in [6.07, 6.45) is 1.22.